The van der Waals surface area contributed by atoms with E-state index in [0.717, 1.165) is 16.6 Å². The van der Waals surface area contributed by atoms with Gasteiger partial charge in [0, 0.05) is 11.0 Å². The number of hydrogen-bond acceptors (Lipinski definition) is 2. The number of nitrogens with two attached hydrogens (primary N) is 1. The molecule has 3 aromatic rings. The third-order valence-electron chi connectivity index (χ3n) is 2.97. The van der Waals surface area contributed by atoms with Crippen LogP contribution in [0.4, 0.5) is 4.39 Å². The molecule has 0 aliphatic carbocycles. The van der Waals surface area contributed by atoms with E-state index in [1.165, 1.54) is 6.07 Å². The van der Waals surface area contributed by atoms with Crippen molar-refractivity contribution in [2.24, 2.45) is 5.73 Å². The van der Waals surface area contributed by atoms with Gasteiger partial charge in [0.05, 0.1) is 16.6 Å². The Balaban J connectivity index is 2.14. The second-order valence-corrected chi connectivity index (χ2v) is 5.18. The Morgan fingerprint density at radius 3 is 2.79 bits per heavy atom. The Labute approximate surface area is 117 Å². The van der Waals surface area contributed by atoms with Gasteiger partial charge in [-0.05, 0) is 35.9 Å². The maximum Gasteiger partial charge on any atom is 0.141 e. The van der Waals surface area contributed by atoms with E-state index in [0.29, 0.717) is 22.4 Å². The summed E-state index contributed by atoms with van der Waals surface area (Å²) in [6.45, 7) is 0.469. The first kappa shape index (κ1) is 12.3. The first-order chi connectivity index (χ1) is 9.17. The number of hydrogen-bond donors (Lipinski definition) is 2. The molecular formula is C14H11BrFN3. The molecule has 0 atom stereocenters. The minimum atomic E-state index is -0.313. The molecular weight excluding hydrogens is 309 g/mol. The first-order valence-corrected chi connectivity index (χ1v) is 6.61. The molecule has 3 N–H and O–H groups in total. The highest BCUT2D eigenvalue weighted by Crippen LogP contribution is 2.25. The smallest absolute Gasteiger partial charge is 0.141 e. The number of nitrogens with one attached hydrogen (secondary N) is 1. The average molecular weight is 320 g/mol. The van der Waals surface area contributed by atoms with Crippen LogP contribution >= 0.6 is 15.9 Å². The molecule has 3 nitrogen and oxygen atoms in total. The van der Waals surface area contributed by atoms with E-state index in [1.54, 1.807) is 12.1 Å². The van der Waals surface area contributed by atoms with Crippen LogP contribution in [0.1, 0.15) is 5.56 Å². The number of aromatic amines is 1. The van der Waals surface area contributed by atoms with Crippen LogP contribution < -0.4 is 5.73 Å². The van der Waals surface area contributed by atoms with Gasteiger partial charge in [-0.25, -0.2) is 9.37 Å². The fraction of sp³-hybridized carbons (Fsp3) is 0.0714. The molecule has 1 aromatic heterocycles. The predicted molar refractivity (Wildman–Crippen MR) is 77.1 cm³/mol. The van der Waals surface area contributed by atoms with Gasteiger partial charge < -0.3 is 10.7 Å². The minimum Gasteiger partial charge on any atom is -0.338 e. The van der Waals surface area contributed by atoms with Crippen LogP contribution in [0.2, 0.25) is 0 Å². The summed E-state index contributed by atoms with van der Waals surface area (Å²) in [4.78, 5) is 7.52. The Hall–Kier alpha value is -1.72. The third kappa shape index (κ3) is 2.27. The number of H-pyrrole nitrogens is 1. The summed E-state index contributed by atoms with van der Waals surface area (Å²) in [6, 6.07) is 10.6. The molecule has 0 saturated heterocycles. The summed E-state index contributed by atoms with van der Waals surface area (Å²) >= 11 is 3.24. The van der Waals surface area contributed by atoms with Crippen LogP contribution in [0.15, 0.2) is 40.9 Å². The number of fused-ring (bicyclic) bond motifs is 1. The maximum absolute atomic E-state index is 13.9. The minimum absolute atomic E-state index is 0.313. The summed E-state index contributed by atoms with van der Waals surface area (Å²) in [5, 5.41) is 0. The lowest BCUT2D eigenvalue weighted by Gasteiger charge is -1.99. The Morgan fingerprint density at radius 1 is 1.21 bits per heavy atom. The topological polar surface area (TPSA) is 54.7 Å². The van der Waals surface area contributed by atoms with Gasteiger partial charge >= 0.3 is 0 Å². The van der Waals surface area contributed by atoms with Gasteiger partial charge in [0.2, 0.25) is 0 Å². The van der Waals surface area contributed by atoms with Crippen molar-refractivity contribution in [3.8, 4) is 11.4 Å². The van der Waals surface area contributed by atoms with E-state index in [-0.39, 0.29) is 5.82 Å². The van der Waals surface area contributed by atoms with Gasteiger partial charge in [0.1, 0.15) is 11.6 Å². The van der Waals surface area contributed by atoms with Crippen molar-refractivity contribution in [3.05, 3.63) is 52.3 Å². The quantitative estimate of drug-likeness (QED) is 0.758. The predicted octanol–water partition coefficient (Wildman–Crippen LogP) is 3.59. The number of halogens is 2. The van der Waals surface area contributed by atoms with Gasteiger partial charge in [-0.2, -0.15) is 0 Å². The molecule has 0 fully saturated rings. The van der Waals surface area contributed by atoms with Gasteiger partial charge in [-0.15, -0.1) is 0 Å². The fourth-order valence-electron chi connectivity index (χ4n) is 1.99. The molecule has 0 amide bonds. The van der Waals surface area contributed by atoms with E-state index in [9.17, 15) is 4.39 Å². The van der Waals surface area contributed by atoms with Gasteiger partial charge in [0.25, 0.3) is 0 Å². The monoisotopic (exact) mass is 319 g/mol. The van der Waals surface area contributed by atoms with Crippen LogP contribution in [0.3, 0.4) is 0 Å². The molecule has 0 unspecified atom stereocenters. The van der Waals surface area contributed by atoms with Crippen molar-refractivity contribution in [2.45, 2.75) is 6.54 Å². The second kappa shape index (κ2) is 4.75. The van der Waals surface area contributed by atoms with Gasteiger partial charge in [0.15, 0.2) is 0 Å². The summed E-state index contributed by atoms with van der Waals surface area (Å²) in [6.07, 6.45) is 0. The molecule has 0 aliphatic heterocycles. The SMILES string of the molecule is NCc1ccc2nc(-c3ccc(Br)cc3F)[nH]c2c1. The zero-order valence-corrected chi connectivity index (χ0v) is 11.5. The molecule has 0 saturated carbocycles. The van der Waals surface area contributed by atoms with Crippen molar-refractivity contribution in [1.29, 1.82) is 0 Å². The van der Waals surface area contributed by atoms with Crippen LogP contribution in [-0.4, -0.2) is 9.97 Å². The van der Waals surface area contributed by atoms with E-state index in [2.05, 4.69) is 25.9 Å². The van der Waals surface area contributed by atoms with Crippen molar-refractivity contribution in [1.82, 2.24) is 9.97 Å². The molecule has 0 spiro atoms. The second-order valence-electron chi connectivity index (χ2n) is 4.27. The highest BCUT2D eigenvalue weighted by molar-refractivity contribution is 9.10. The molecule has 19 heavy (non-hydrogen) atoms. The lowest BCUT2D eigenvalue weighted by Crippen LogP contribution is -1.95. The third-order valence-corrected chi connectivity index (χ3v) is 3.46. The molecule has 1 heterocycles. The fourth-order valence-corrected chi connectivity index (χ4v) is 2.33. The number of rotatable bonds is 2. The first-order valence-electron chi connectivity index (χ1n) is 5.81. The number of benzene rings is 2. The Bertz CT molecular complexity index is 752. The molecule has 3 rings (SSSR count). The molecule has 0 aliphatic rings. The summed E-state index contributed by atoms with van der Waals surface area (Å²) in [7, 11) is 0. The van der Waals surface area contributed by atoms with E-state index < -0.39 is 0 Å². The summed E-state index contributed by atoms with van der Waals surface area (Å²) in [5.74, 6) is 0.210. The largest absolute Gasteiger partial charge is 0.338 e. The zero-order chi connectivity index (χ0) is 13.4. The molecule has 0 radical (unpaired) electrons. The maximum atomic E-state index is 13.9. The van der Waals surface area contributed by atoms with Crippen LogP contribution in [0.5, 0.6) is 0 Å². The van der Waals surface area contributed by atoms with Crippen LogP contribution in [0.25, 0.3) is 22.4 Å². The van der Waals surface area contributed by atoms with E-state index >= 15 is 0 Å². The number of imidazole rings is 1. The highest BCUT2D eigenvalue weighted by atomic mass is 79.9. The Kier molecular flexibility index (Phi) is 3.08. The van der Waals surface area contributed by atoms with Crippen molar-refractivity contribution in [3.63, 3.8) is 0 Å². The van der Waals surface area contributed by atoms with Crippen LogP contribution in [-0.2, 0) is 6.54 Å². The summed E-state index contributed by atoms with van der Waals surface area (Å²) < 4.78 is 14.6. The van der Waals surface area contributed by atoms with Crippen molar-refractivity contribution < 1.29 is 4.39 Å². The van der Waals surface area contributed by atoms with E-state index in [4.69, 9.17) is 5.73 Å². The molecule has 2 aromatic carbocycles. The number of nitrogens with zero attached hydrogens (tertiary/aromatic N) is 1. The molecule has 96 valence electrons. The lowest BCUT2D eigenvalue weighted by molar-refractivity contribution is 0.629. The zero-order valence-electron chi connectivity index (χ0n) is 9.95. The van der Waals surface area contributed by atoms with Crippen molar-refractivity contribution >= 4 is 27.0 Å². The van der Waals surface area contributed by atoms with Gasteiger partial charge in [-0.1, -0.05) is 22.0 Å². The highest BCUT2D eigenvalue weighted by Gasteiger charge is 2.10. The van der Waals surface area contributed by atoms with Crippen LogP contribution in [0, 0.1) is 5.82 Å². The van der Waals surface area contributed by atoms with E-state index in [1.807, 2.05) is 18.2 Å². The Morgan fingerprint density at radius 2 is 2.05 bits per heavy atom. The standard InChI is InChI=1S/C14H11BrFN3/c15-9-2-3-10(11(16)6-9)14-18-12-4-1-8(7-17)5-13(12)19-14/h1-6H,7,17H2,(H,18,19). The average Bonchev–Trinajstić information content (AvgIpc) is 2.80. The number of aromatic nitrogens is 2. The summed E-state index contributed by atoms with van der Waals surface area (Å²) in [5.41, 5.74) is 8.73. The lowest BCUT2D eigenvalue weighted by atomic mass is 10.2. The normalized spacial score (nSPS) is 11.1. The van der Waals surface area contributed by atoms with Crippen molar-refractivity contribution in [2.75, 3.05) is 0 Å². The molecule has 0 bridgehead atoms. The molecule has 5 heteroatoms. The van der Waals surface area contributed by atoms with Gasteiger partial charge in [-0.3, -0.25) is 0 Å².